The minimum Gasteiger partial charge on any atom is -0.427 e. The standard InChI is InChI=1S/C19H23Cl2NO4/c1-7-25-22-16(23)14(12-9-8-11(20)10-13(12)21)15(19(22,5)6)26-17(24)18(2,3)4/h8-10H,7H2,1-6H3. The smallest absolute Gasteiger partial charge is 0.316 e. The van der Waals surface area contributed by atoms with Gasteiger partial charge in [0, 0.05) is 10.6 Å². The van der Waals surface area contributed by atoms with Crippen LogP contribution in [0.3, 0.4) is 0 Å². The number of carbonyl (C=O) groups is 2. The third-order valence-corrected chi connectivity index (χ3v) is 4.50. The lowest BCUT2D eigenvalue weighted by atomic mass is 9.95. The summed E-state index contributed by atoms with van der Waals surface area (Å²) in [5, 5.41) is 1.96. The minimum atomic E-state index is -0.980. The lowest BCUT2D eigenvalue weighted by Gasteiger charge is -2.32. The Balaban J connectivity index is 2.66. The van der Waals surface area contributed by atoms with Gasteiger partial charge in [0.2, 0.25) is 0 Å². The van der Waals surface area contributed by atoms with Crippen molar-refractivity contribution in [2.24, 2.45) is 5.41 Å². The topological polar surface area (TPSA) is 55.8 Å². The molecule has 1 aromatic carbocycles. The number of esters is 1. The maximum atomic E-state index is 13.1. The summed E-state index contributed by atoms with van der Waals surface area (Å²) in [6.07, 6.45) is 0. The molecule has 142 valence electrons. The molecule has 1 aliphatic rings. The summed E-state index contributed by atoms with van der Waals surface area (Å²) in [7, 11) is 0. The molecule has 2 rings (SSSR count). The second kappa shape index (κ2) is 7.22. The van der Waals surface area contributed by atoms with E-state index < -0.39 is 22.8 Å². The molecule has 0 aromatic heterocycles. The fourth-order valence-electron chi connectivity index (χ4n) is 2.55. The van der Waals surface area contributed by atoms with Gasteiger partial charge in [-0.05, 0) is 53.7 Å². The molecule has 0 aliphatic carbocycles. The van der Waals surface area contributed by atoms with E-state index in [1.54, 1.807) is 53.7 Å². The van der Waals surface area contributed by atoms with Crippen LogP contribution in [0.4, 0.5) is 0 Å². The van der Waals surface area contributed by atoms with Gasteiger partial charge in [0.1, 0.15) is 11.3 Å². The van der Waals surface area contributed by atoms with Gasteiger partial charge in [-0.15, -0.1) is 0 Å². The first-order chi connectivity index (χ1) is 11.9. The predicted molar refractivity (Wildman–Crippen MR) is 101 cm³/mol. The maximum absolute atomic E-state index is 13.1. The van der Waals surface area contributed by atoms with E-state index in [-0.39, 0.29) is 17.9 Å². The van der Waals surface area contributed by atoms with Crippen LogP contribution in [0, 0.1) is 5.41 Å². The zero-order valence-electron chi connectivity index (χ0n) is 15.8. The molecule has 0 fully saturated rings. The Bertz CT molecular complexity index is 778. The lowest BCUT2D eigenvalue weighted by molar-refractivity contribution is -0.203. The van der Waals surface area contributed by atoms with E-state index in [1.807, 2.05) is 0 Å². The quantitative estimate of drug-likeness (QED) is 0.677. The number of rotatable bonds is 4. The molecular formula is C19H23Cl2NO4. The zero-order chi connectivity index (χ0) is 19.9. The molecule has 0 spiro atoms. The molecule has 26 heavy (non-hydrogen) atoms. The Hall–Kier alpha value is -1.56. The van der Waals surface area contributed by atoms with Crippen LogP contribution in [0.15, 0.2) is 24.0 Å². The second-order valence-corrected chi connectivity index (χ2v) is 8.39. The Kier molecular flexibility index (Phi) is 5.76. The van der Waals surface area contributed by atoms with Gasteiger partial charge in [-0.25, -0.2) is 5.06 Å². The van der Waals surface area contributed by atoms with E-state index in [0.29, 0.717) is 15.6 Å². The number of amides is 1. The summed E-state index contributed by atoms with van der Waals surface area (Å²) in [6, 6.07) is 4.80. The number of halogens is 2. The maximum Gasteiger partial charge on any atom is 0.316 e. The normalized spacial score (nSPS) is 17.1. The van der Waals surface area contributed by atoms with E-state index in [2.05, 4.69) is 0 Å². The summed E-state index contributed by atoms with van der Waals surface area (Å²) in [5.41, 5.74) is -1.08. The number of ether oxygens (including phenoxy) is 1. The van der Waals surface area contributed by atoms with Crippen molar-refractivity contribution in [1.29, 1.82) is 0 Å². The highest BCUT2D eigenvalue weighted by Crippen LogP contribution is 2.43. The number of nitrogens with zero attached hydrogens (tertiary/aromatic N) is 1. The van der Waals surface area contributed by atoms with E-state index in [0.717, 1.165) is 0 Å². The number of benzene rings is 1. The van der Waals surface area contributed by atoms with Crippen molar-refractivity contribution in [3.05, 3.63) is 39.6 Å². The fourth-order valence-corrected chi connectivity index (χ4v) is 3.05. The van der Waals surface area contributed by atoms with E-state index >= 15 is 0 Å². The summed E-state index contributed by atoms with van der Waals surface area (Å²) in [6.45, 7) is 10.8. The molecule has 0 unspecified atom stereocenters. The number of carbonyl (C=O) groups excluding carboxylic acids is 2. The largest absolute Gasteiger partial charge is 0.427 e. The van der Waals surface area contributed by atoms with Gasteiger partial charge in [0.05, 0.1) is 22.6 Å². The van der Waals surface area contributed by atoms with Crippen LogP contribution in [0.1, 0.15) is 47.1 Å². The third-order valence-electron chi connectivity index (χ3n) is 3.95. The zero-order valence-corrected chi connectivity index (χ0v) is 17.3. The van der Waals surface area contributed by atoms with Gasteiger partial charge >= 0.3 is 5.97 Å². The molecule has 1 aromatic rings. The lowest BCUT2D eigenvalue weighted by Crippen LogP contribution is -2.44. The van der Waals surface area contributed by atoms with Gasteiger partial charge in [-0.2, -0.15) is 0 Å². The Morgan fingerprint density at radius 2 is 1.85 bits per heavy atom. The second-order valence-electron chi connectivity index (χ2n) is 7.54. The summed E-state index contributed by atoms with van der Waals surface area (Å²) in [5.74, 6) is -0.660. The summed E-state index contributed by atoms with van der Waals surface area (Å²) in [4.78, 5) is 31.1. The third kappa shape index (κ3) is 3.75. The van der Waals surface area contributed by atoms with Crippen LogP contribution in [0.5, 0.6) is 0 Å². The molecule has 0 radical (unpaired) electrons. The van der Waals surface area contributed by atoms with Crippen LogP contribution in [-0.2, 0) is 19.2 Å². The van der Waals surface area contributed by atoms with E-state index in [9.17, 15) is 9.59 Å². The molecule has 0 bridgehead atoms. The van der Waals surface area contributed by atoms with Crippen molar-refractivity contribution in [3.63, 3.8) is 0 Å². The molecule has 1 amide bonds. The van der Waals surface area contributed by atoms with Crippen LogP contribution < -0.4 is 0 Å². The van der Waals surface area contributed by atoms with Crippen LogP contribution in [0.25, 0.3) is 5.57 Å². The highest BCUT2D eigenvalue weighted by molar-refractivity contribution is 6.37. The molecule has 1 heterocycles. The van der Waals surface area contributed by atoms with E-state index in [4.69, 9.17) is 32.8 Å². The molecule has 0 saturated heterocycles. The highest BCUT2D eigenvalue weighted by atomic mass is 35.5. The molecule has 7 heteroatoms. The Morgan fingerprint density at radius 1 is 1.23 bits per heavy atom. The van der Waals surface area contributed by atoms with Gasteiger partial charge in [-0.3, -0.25) is 14.4 Å². The first-order valence-corrected chi connectivity index (χ1v) is 9.06. The SMILES string of the molecule is CCON1C(=O)C(c2ccc(Cl)cc2Cl)=C(OC(=O)C(C)(C)C)C1(C)C. The van der Waals surface area contributed by atoms with Crippen molar-refractivity contribution in [2.45, 2.75) is 47.1 Å². The van der Waals surface area contributed by atoms with Crippen molar-refractivity contribution in [1.82, 2.24) is 5.06 Å². The first-order valence-electron chi connectivity index (χ1n) is 8.31. The average Bonchev–Trinajstić information content (AvgIpc) is 2.68. The Morgan fingerprint density at radius 3 is 2.35 bits per heavy atom. The minimum absolute atomic E-state index is 0.197. The van der Waals surface area contributed by atoms with Crippen LogP contribution >= 0.6 is 23.2 Å². The summed E-state index contributed by atoms with van der Waals surface area (Å²) < 4.78 is 5.70. The molecule has 0 saturated carbocycles. The van der Waals surface area contributed by atoms with Crippen molar-refractivity contribution in [2.75, 3.05) is 6.61 Å². The molecule has 1 aliphatic heterocycles. The molecule has 5 nitrogen and oxygen atoms in total. The highest BCUT2D eigenvalue weighted by Gasteiger charge is 2.50. The van der Waals surface area contributed by atoms with Gasteiger partial charge < -0.3 is 4.74 Å². The van der Waals surface area contributed by atoms with Gasteiger partial charge in [-0.1, -0.05) is 29.3 Å². The van der Waals surface area contributed by atoms with Crippen LogP contribution in [0.2, 0.25) is 10.0 Å². The predicted octanol–water partition coefficient (Wildman–Crippen LogP) is 4.87. The number of hydroxylamine groups is 2. The van der Waals surface area contributed by atoms with Crippen molar-refractivity contribution in [3.8, 4) is 0 Å². The van der Waals surface area contributed by atoms with Crippen molar-refractivity contribution >= 4 is 40.7 Å². The average molecular weight is 400 g/mol. The number of hydrogen-bond acceptors (Lipinski definition) is 4. The van der Waals surface area contributed by atoms with Gasteiger partial charge in [0.25, 0.3) is 5.91 Å². The molecule has 0 N–H and O–H groups in total. The van der Waals surface area contributed by atoms with E-state index in [1.165, 1.54) is 11.1 Å². The van der Waals surface area contributed by atoms with Gasteiger partial charge in [0.15, 0.2) is 0 Å². The number of hydrogen-bond donors (Lipinski definition) is 0. The van der Waals surface area contributed by atoms with Crippen LogP contribution in [-0.4, -0.2) is 29.1 Å². The monoisotopic (exact) mass is 399 g/mol. The fraction of sp³-hybridized carbons (Fsp3) is 0.474. The molecule has 0 atom stereocenters. The Labute approximate surface area is 163 Å². The first kappa shape index (κ1) is 20.7. The molecular weight excluding hydrogens is 377 g/mol. The van der Waals surface area contributed by atoms with Crippen molar-refractivity contribution < 1.29 is 19.2 Å². The summed E-state index contributed by atoms with van der Waals surface area (Å²) >= 11 is 12.3.